The zero-order valence-corrected chi connectivity index (χ0v) is 43.4. The summed E-state index contributed by atoms with van der Waals surface area (Å²) in [5.74, 6) is -1.79. The maximum Gasteiger partial charge on any atom is 0.472 e. The normalized spacial score (nSPS) is 14.3. The summed E-state index contributed by atoms with van der Waals surface area (Å²) in [6.45, 7) is 3.74. The van der Waals surface area contributed by atoms with E-state index in [1.54, 1.807) is 0 Å². The van der Waals surface area contributed by atoms with Crippen molar-refractivity contribution in [2.75, 3.05) is 26.4 Å². The molecule has 0 bridgehead atoms. The van der Waals surface area contributed by atoms with Gasteiger partial charge in [0.2, 0.25) is 0 Å². The minimum atomic E-state index is -4.63. The van der Waals surface area contributed by atoms with E-state index < -0.39 is 45.1 Å². The molecule has 0 fully saturated rings. The van der Waals surface area contributed by atoms with Gasteiger partial charge in [-0.05, 0) is 89.9 Å². The fourth-order valence-corrected chi connectivity index (χ4v) is 7.85. The summed E-state index contributed by atoms with van der Waals surface area (Å²) in [7, 11) is -4.63. The fraction of sp³-hybridized carbons (Fsp3) is 0.714. The highest BCUT2D eigenvalue weighted by atomic mass is 31.2. The van der Waals surface area contributed by atoms with Crippen LogP contribution in [-0.2, 0) is 32.7 Å². The number of esters is 1. The summed E-state index contributed by atoms with van der Waals surface area (Å²) < 4.78 is 33.5. The smallest absolute Gasteiger partial charge is 0.472 e. The number of allylic oxidation sites excluding steroid dienone is 14. The van der Waals surface area contributed by atoms with Crippen LogP contribution in [-0.4, -0.2) is 60.5 Å². The summed E-state index contributed by atoms with van der Waals surface area (Å²) in [6.07, 6.45) is 66.4. The number of carbonyl (C=O) groups is 2. The summed E-state index contributed by atoms with van der Waals surface area (Å²) >= 11 is 0. The molecule has 0 aliphatic carbocycles. The van der Waals surface area contributed by atoms with Gasteiger partial charge in [0.15, 0.2) is 0 Å². The largest absolute Gasteiger partial charge is 0.480 e. The Hall–Kier alpha value is -2.85. The molecule has 0 aliphatic heterocycles. The number of carboxylic acids is 1. The average molecular weight is 960 g/mol. The lowest BCUT2D eigenvalue weighted by molar-refractivity contribution is -0.154. The third kappa shape index (κ3) is 50.8. The van der Waals surface area contributed by atoms with E-state index >= 15 is 0 Å². The van der Waals surface area contributed by atoms with Gasteiger partial charge in [-0.25, -0.2) is 4.57 Å². The van der Waals surface area contributed by atoms with E-state index in [0.717, 1.165) is 89.9 Å². The maximum atomic E-state index is 12.7. The molecule has 0 aromatic carbocycles. The molecule has 67 heavy (non-hydrogen) atoms. The molecule has 11 heteroatoms. The number of phosphoric ester groups is 1. The van der Waals surface area contributed by atoms with Crippen LogP contribution in [0.3, 0.4) is 0 Å². The molecule has 0 aromatic heterocycles. The van der Waals surface area contributed by atoms with Crippen molar-refractivity contribution in [2.24, 2.45) is 5.73 Å². The van der Waals surface area contributed by atoms with Crippen LogP contribution in [0.1, 0.15) is 219 Å². The average Bonchev–Trinajstić information content (AvgIpc) is 3.31. The first-order valence-corrected chi connectivity index (χ1v) is 28.1. The molecule has 386 valence electrons. The van der Waals surface area contributed by atoms with Crippen LogP contribution in [0.4, 0.5) is 0 Å². The highest BCUT2D eigenvalue weighted by Crippen LogP contribution is 2.43. The number of carbonyl (C=O) groups excluding carboxylic acids is 1. The number of ether oxygens (including phenoxy) is 2. The van der Waals surface area contributed by atoms with Crippen molar-refractivity contribution in [3.05, 3.63) is 85.1 Å². The number of rotatable bonds is 50. The third-order valence-corrected chi connectivity index (χ3v) is 12.1. The van der Waals surface area contributed by atoms with Gasteiger partial charge in [-0.1, -0.05) is 208 Å². The van der Waals surface area contributed by atoms with E-state index in [-0.39, 0.29) is 13.0 Å². The van der Waals surface area contributed by atoms with Crippen molar-refractivity contribution < 1.29 is 42.7 Å². The van der Waals surface area contributed by atoms with Crippen molar-refractivity contribution in [3.8, 4) is 0 Å². The Morgan fingerprint density at radius 2 is 0.866 bits per heavy atom. The SMILES string of the molecule is CC/C=C\C/C=C\C/C=C\C/C=C\CCCCCCCCCCCCC(=O)OC(COCCCCCCCCC/C=C\C/C=C\C/C=C\CCCCCCC)COP(=O)(O)OCC(N)C(=O)O. The molecule has 3 atom stereocenters. The van der Waals surface area contributed by atoms with Crippen molar-refractivity contribution in [2.45, 2.75) is 231 Å². The van der Waals surface area contributed by atoms with Gasteiger partial charge in [0, 0.05) is 13.0 Å². The standard InChI is InChI=1S/C56H98NO9P/c1-3-5-7-9-11-13-15-17-19-21-23-25-27-28-30-32-34-36-38-40-42-44-46-48-55(58)66-53(51-64-67(61,62)65-52-54(57)56(59)60)50-63-49-47-45-43-41-39-37-35-33-31-29-26-24-22-20-18-16-14-12-10-8-6-4-2/h5,7,11,13,16-19,22-25,29,31,53-54H,3-4,6,8-10,12,14-15,20-21,26-28,30,32-52,57H2,1-2H3,(H,59,60)(H,61,62)/b7-5-,13-11-,18-16-,19-17-,24-22-,25-23-,31-29-. The predicted octanol–water partition coefficient (Wildman–Crippen LogP) is 15.9. The van der Waals surface area contributed by atoms with Crippen LogP contribution < -0.4 is 5.73 Å². The van der Waals surface area contributed by atoms with Crippen LogP contribution in [0.2, 0.25) is 0 Å². The molecule has 0 aromatic rings. The van der Waals surface area contributed by atoms with Gasteiger partial charge >= 0.3 is 19.8 Å². The van der Waals surface area contributed by atoms with E-state index in [1.165, 1.54) is 103 Å². The van der Waals surface area contributed by atoms with Crippen LogP contribution in [0.25, 0.3) is 0 Å². The maximum absolute atomic E-state index is 12.7. The number of hydrogen-bond acceptors (Lipinski definition) is 8. The lowest BCUT2D eigenvalue weighted by atomic mass is 10.0. The van der Waals surface area contributed by atoms with E-state index in [9.17, 15) is 19.0 Å². The molecule has 0 rings (SSSR count). The lowest BCUT2D eigenvalue weighted by Crippen LogP contribution is -2.34. The summed E-state index contributed by atoms with van der Waals surface area (Å²) in [5, 5.41) is 8.94. The molecule has 0 aliphatic rings. The van der Waals surface area contributed by atoms with Gasteiger partial charge in [-0.3, -0.25) is 18.6 Å². The Kier molecular flexibility index (Phi) is 48.8. The number of phosphoric acid groups is 1. The summed E-state index contributed by atoms with van der Waals surface area (Å²) in [6, 6.07) is -1.48. The number of aliphatic carboxylic acids is 1. The molecule has 10 nitrogen and oxygen atoms in total. The van der Waals surface area contributed by atoms with Crippen molar-refractivity contribution in [3.63, 3.8) is 0 Å². The number of unbranched alkanes of at least 4 members (excludes halogenated alkanes) is 22. The van der Waals surface area contributed by atoms with Crippen molar-refractivity contribution in [1.82, 2.24) is 0 Å². The Morgan fingerprint density at radius 3 is 1.30 bits per heavy atom. The number of carboxylic acid groups (broad SMARTS) is 1. The summed E-state index contributed by atoms with van der Waals surface area (Å²) in [4.78, 5) is 33.7. The van der Waals surface area contributed by atoms with E-state index in [1.807, 2.05) is 0 Å². The monoisotopic (exact) mass is 960 g/mol. The molecule has 0 heterocycles. The van der Waals surface area contributed by atoms with Gasteiger partial charge < -0.3 is 25.2 Å². The minimum Gasteiger partial charge on any atom is -0.480 e. The van der Waals surface area contributed by atoms with Crippen LogP contribution in [0.15, 0.2) is 85.1 Å². The van der Waals surface area contributed by atoms with Gasteiger partial charge in [0.25, 0.3) is 0 Å². The number of hydrogen-bond donors (Lipinski definition) is 3. The quantitative estimate of drug-likeness (QED) is 0.0232. The lowest BCUT2D eigenvalue weighted by Gasteiger charge is -2.20. The second-order valence-corrected chi connectivity index (χ2v) is 19.1. The predicted molar refractivity (Wildman–Crippen MR) is 281 cm³/mol. The Morgan fingerprint density at radius 1 is 0.493 bits per heavy atom. The molecule has 4 N–H and O–H groups in total. The molecular formula is C56H98NO9P. The molecule has 0 spiro atoms. The van der Waals surface area contributed by atoms with Gasteiger partial charge in [0.1, 0.15) is 12.1 Å². The number of nitrogens with two attached hydrogens (primary N) is 1. The zero-order valence-electron chi connectivity index (χ0n) is 42.5. The fourth-order valence-electron chi connectivity index (χ4n) is 7.07. The van der Waals surface area contributed by atoms with Crippen LogP contribution in [0, 0.1) is 0 Å². The topological polar surface area (TPSA) is 155 Å². The molecule has 0 amide bonds. The first-order valence-electron chi connectivity index (χ1n) is 26.6. The molecule has 0 saturated heterocycles. The summed E-state index contributed by atoms with van der Waals surface area (Å²) in [5.41, 5.74) is 5.38. The van der Waals surface area contributed by atoms with Crippen molar-refractivity contribution >= 4 is 19.8 Å². The van der Waals surface area contributed by atoms with E-state index in [4.69, 9.17) is 29.4 Å². The first-order chi connectivity index (χ1) is 32.7. The second-order valence-electron chi connectivity index (χ2n) is 17.6. The minimum absolute atomic E-state index is 0.00439. The highest BCUT2D eigenvalue weighted by Gasteiger charge is 2.27. The van der Waals surface area contributed by atoms with Gasteiger partial charge in [-0.2, -0.15) is 0 Å². The van der Waals surface area contributed by atoms with E-state index in [0.29, 0.717) is 13.0 Å². The first kappa shape index (κ1) is 64.2. The van der Waals surface area contributed by atoms with Gasteiger partial charge in [0.05, 0.1) is 19.8 Å². The molecule has 3 unspecified atom stereocenters. The zero-order chi connectivity index (χ0) is 49.0. The van der Waals surface area contributed by atoms with E-state index in [2.05, 4.69) is 98.9 Å². The Bertz CT molecular complexity index is 1390. The van der Waals surface area contributed by atoms with Crippen LogP contribution in [0.5, 0.6) is 0 Å². The Balaban J connectivity index is 4.17. The second kappa shape index (κ2) is 51.0. The molecular weight excluding hydrogens is 862 g/mol. The third-order valence-electron chi connectivity index (χ3n) is 11.2. The van der Waals surface area contributed by atoms with Gasteiger partial charge in [-0.15, -0.1) is 0 Å². The Labute approximate surface area is 409 Å². The highest BCUT2D eigenvalue weighted by molar-refractivity contribution is 7.47. The van der Waals surface area contributed by atoms with Crippen molar-refractivity contribution in [1.29, 1.82) is 0 Å². The molecule has 0 saturated carbocycles. The van der Waals surface area contributed by atoms with Crippen LogP contribution >= 0.6 is 7.82 Å². The molecule has 0 radical (unpaired) electrons.